The fraction of sp³-hybridized carbons (Fsp3) is 0.421. The molecule has 26 heavy (non-hydrogen) atoms. The van der Waals surface area contributed by atoms with E-state index in [0.717, 1.165) is 42.1 Å². The fourth-order valence-corrected chi connectivity index (χ4v) is 3.16. The lowest BCUT2D eigenvalue weighted by molar-refractivity contribution is -0.127. The standard InChI is InChI=1S/C19H25N5O2/c1-14-13-15(2)24(22-14)17-8-6-16(7-9-17)21-19(26)20-10-4-12-23-11-3-5-18(23)25/h6-9,13H,3-5,10-12H2,1-2H3,(H2,20,21,26). The van der Waals surface area contributed by atoms with Gasteiger partial charge >= 0.3 is 6.03 Å². The van der Waals surface area contributed by atoms with Crippen molar-refractivity contribution in [2.45, 2.75) is 33.1 Å². The minimum atomic E-state index is -0.239. The molecule has 1 fully saturated rings. The molecule has 2 N–H and O–H groups in total. The lowest BCUT2D eigenvalue weighted by atomic mass is 10.2. The van der Waals surface area contributed by atoms with E-state index in [-0.39, 0.29) is 11.9 Å². The quantitative estimate of drug-likeness (QED) is 0.782. The van der Waals surface area contributed by atoms with Gasteiger partial charge in [-0.3, -0.25) is 4.79 Å². The van der Waals surface area contributed by atoms with Crippen molar-refractivity contribution >= 4 is 17.6 Å². The average molecular weight is 355 g/mol. The monoisotopic (exact) mass is 355 g/mol. The molecule has 0 atom stereocenters. The summed E-state index contributed by atoms with van der Waals surface area (Å²) in [5.41, 5.74) is 3.72. The smallest absolute Gasteiger partial charge is 0.319 e. The highest BCUT2D eigenvalue weighted by atomic mass is 16.2. The van der Waals surface area contributed by atoms with Crippen LogP contribution in [-0.2, 0) is 4.79 Å². The number of aryl methyl sites for hydroxylation is 2. The summed E-state index contributed by atoms with van der Waals surface area (Å²) >= 11 is 0. The van der Waals surface area contributed by atoms with Gasteiger partial charge in [-0.05, 0) is 57.0 Å². The summed E-state index contributed by atoms with van der Waals surface area (Å²) in [7, 11) is 0. The van der Waals surface area contributed by atoms with Crippen molar-refractivity contribution in [3.63, 3.8) is 0 Å². The number of likely N-dealkylation sites (tertiary alicyclic amines) is 1. The number of rotatable bonds is 6. The number of aromatic nitrogens is 2. The molecule has 0 aliphatic carbocycles. The van der Waals surface area contributed by atoms with Gasteiger partial charge in [0.2, 0.25) is 5.91 Å². The van der Waals surface area contributed by atoms with Gasteiger partial charge in [0.25, 0.3) is 0 Å². The van der Waals surface area contributed by atoms with Gasteiger partial charge in [-0.15, -0.1) is 0 Å². The number of amides is 3. The van der Waals surface area contributed by atoms with Crippen LogP contribution in [0, 0.1) is 13.8 Å². The average Bonchev–Trinajstić information content (AvgIpc) is 3.17. The van der Waals surface area contributed by atoms with Crippen LogP contribution < -0.4 is 10.6 Å². The number of nitrogens with one attached hydrogen (secondary N) is 2. The third kappa shape index (κ3) is 4.41. The van der Waals surface area contributed by atoms with Crippen molar-refractivity contribution in [1.29, 1.82) is 0 Å². The normalized spacial score (nSPS) is 13.9. The Kier molecular flexibility index (Phi) is 5.55. The molecule has 1 aromatic heterocycles. The van der Waals surface area contributed by atoms with Crippen molar-refractivity contribution in [2.24, 2.45) is 0 Å². The Bertz CT molecular complexity index is 782. The SMILES string of the molecule is Cc1cc(C)n(-c2ccc(NC(=O)NCCCN3CCCC3=O)cc2)n1. The number of hydrogen-bond donors (Lipinski definition) is 2. The zero-order chi connectivity index (χ0) is 18.5. The number of urea groups is 1. The first kappa shape index (κ1) is 18.0. The molecular formula is C19H25N5O2. The summed E-state index contributed by atoms with van der Waals surface area (Å²) in [6, 6.07) is 9.34. The van der Waals surface area contributed by atoms with Crippen molar-refractivity contribution < 1.29 is 9.59 Å². The second-order valence-electron chi connectivity index (χ2n) is 6.60. The van der Waals surface area contributed by atoms with E-state index in [1.54, 1.807) is 0 Å². The van der Waals surface area contributed by atoms with E-state index in [1.165, 1.54) is 0 Å². The van der Waals surface area contributed by atoms with Crippen molar-refractivity contribution in [2.75, 3.05) is 25.0 Å². The number of carbonyl (C=O) groups is 2. The maximum absolute atomic E-state index is 12.0. The summed E-state index contributed by atoms with van der Waals surface area (Å²) in [5.74, 6) is 0.220. The molecule has 7 heteroatoms. The lowest BCUT2D eigenvalue weighted by Crippen LogP contribution is -2.33. The largest absolute Gasteiger partial charge is 0.343 e. The Labute approximate surface area is 153 Å². The third-order valence-electron chi connectivity index (χ3n) is 4.44. The van der Waals surface area contributed by atoms with Crippen LogP contribution in [0.3, 0.4) is 0 Å². The first-order chi connectivity index (χ1) is 12.5. The molecule has 2 aromatic rings. The fourth-order valence-electron chi connectivity index (χ4n) is 3.16. The van der Waals surface area contributed by atoms with E-state index < -0.39 is 0 Å². The summed E-state index contributed by atoms with van der Waals surface area (Å²) in [6.45, 7) is 6.06. The second-order valence-corrected chi connectivity index (χ2v) is 6.60. The molecule has 0 radical (unpaired) electrons. The van der Waals surface area contributed by atoms with E-state index in [0.29, 0.717) is 19.5 Å². The van der Waals surface area contributed by atoms with Gasteiger partial charge in [-0.25, -0.2) is 9.48 Å². The molecule has 3 amide bonds. The first-order valence-electron chi connectivity index (χ1n) is 8.99. The van der Waals surface area contributed by atoms with Crippen LogP contribution in [0.15, 0.2) is 30.3 Å². The Morgan fingerprint density at radius 2 is 2.00 bits per heavy atom. The van der Waals surface area contributed by atoms with E-state index in [2.05, 4.69) is 15.7 Å². The first-order valence-corrected chi connectivity index (χ1v) is 8.99. The zero-order valence-electron chi connectivity index (χ0n) is 15.3. The summed E-state index contributed by atoms with van der Waals surface area (Å²) in [5, 5.41) is 10.1. The van der Waals surface area contributed by atoms with Gasteiger partial charge < -0.3 is 15.5 Å². The van der Waals surface area contributed by atoms with E-state index >= 15 is 0 Å². The zero-order valence-corrected chi connectivity index (χ0v) is 15.3. The molecular weight excluding hydrogens is 330 g/mol. The molecule has 0 unspecified atom stereocenters. The van der Waals surface area contributed by atoms with Crippen LogP contribution in [-0.4, -0.2) is 46.3 Å². The highest BCUT2D eigenvalue weighted by molar-refractivity contribution is 5.89. The number of nitrogens with zero attached hydrogens (tertiary/aromatic N) is 3. The van der Waals surface area contributed by atoms with Gasteiger partial charge in [0.15, 0.2) is 0 Å². The van der Waals surface area contributed by atoms with Crippen molar-refractivity contribution in [3.8, 4) is 5.69 Å². The highest BCUT2D eigenvalue weighted by Crippen LogP contribution is 2.15. The predicted octanol–water partition coefficient (Wildman–Crippen LogP) is 2.62. The van der Waals surface area contributed by atoms with Crippen LogP contribution in [0.25, 0.3) is 5.69 Å². The second kappa shape index (κ2) is 8.03. The topological polar surface area (TPSA) is 79.3 Å². The maximum Gasteiger partial charge on any atom is 0.319 e. The molecule has 1 saturated heterocycles. The molecule has 1 aliphatic rings. The van der Waals surface area contributed by atoms with E-state index in [4.69, 9.17) is 0 Å². The molecule has 1 aliphatic heterocycles. The summed E-state index contributed by atoms with van der Waals surface area (Å²) in [6.07, 6.45) is 2.36. The predicted molar refractivity (Wildman–Crippen MR) is 100 cm³/mol. The van der Waals surface area contributed by atoms with Crippen LogP contribution in [0.5, 0.6) is 0 Å². The van der Waals surface area contributed by atoms with Gasteiger partial charge in [-0.2, -0.15) is 5.10 Å². The lowest BCUT2D eigenvalue weighted by Gasteiger charge is -2.15. The third-order valence-corrected chi connectivity index (χ3v) is 4.44. The molecule has 0 spiro atoms. The number of benzene rings is 1. The molecule has 2 heterocycles. The minimum absolute atomic E-state index is 0.220. The van der Waals surface area contributed by atoms with Crippen LogP contribution in [0.1, 0.15) is 30.7 Å². The van der Waals surface area contributed by atoms with Crippen molar-refractivity contribution in [1.82, 2.24) is 20.0 Å². The Morgan fingerprint density at radius 1 is 1.23 bits per heavy atom. The number of anilines is 1. The Hall–Kier alpha value is -2.83. The van der Waals surface area contributed by atoms with Gasteiger partial charge in [0, 0.05) is 37.4 Å². The summed E-state index contributed by atoms with van der Waals surface area (Å²) < 4.78 is 1.87. The van der Waals surface area contributed by atoms with Crippen molar-refractivity contribution in [3.05, 3.63) is 41.7 Å². The molecule has 0 saturated carbocycles. The molecule has 7 nitrogen and oxygen atoms in total. The van der Waals surface area contributed by atoms with Gasteiger partial charge in [0.05, 0.1) is 11.4 Å². The van der Waals surface area contributed by atoms with Crippen LogP contribution in [0.2, 0.25) is 0 Å². The maximum atomic E-state index is 12.0. The van der Waals surface area contributed by atoms with Gasteiger partial charge in [0.1, 0.15) is 0 Å². The van der Waals surface area contributed by atoms with E-state index in [1.807, 2.05) is 53.8 Å². The highest BCUT2D eigenvalue weighted by Gasteiger charge is 2.19. The Morgan fingerprint density at radius 3 is 2.62 bits per heavy atom. The Balaban J connectivity index is 1.44. The molecule has 0 bridgehead atoms. The minimum Gasteiger partial charge on any atom is -0.343 e. The molecule has 138 valence electrons. The molecule has 3 rings (SSSR count). The van der Waals surface area contributed by atoms with Crippen LogP contribution in [0.4, 0.5) is 10.5 Å². The van der Waals surface area contributed by atoms with E-state index in [9.17, 15) is 9.59 Å². The summed E-state index contributed by atoms with van der Waals surface area (Å²) in [4.78, 5) is 25.3. The van der Waals surface area contributed by atoms with Crippen LogP contribution >= 0.6 is 0 Å². The number of hydrogen-bond acceptors (Lipinski definition) is 3. The molecule has 1 aromatic carbocycles. The number of carbonyl (C=O) groups excluding carboxylic acids is 2. The van der Waals surface area contributed by atoms with Gasteiger partial charge in [-0.1, -0.05) is 0 Å².